The first-order valence-corrected chi connectivity index (χ1v) is 11.2. The van der Waals surface area contributed by atoms with Gasteiger partial charge in [0.2, 0.25) is 16.1 Å². The fourth-order valence-corrected chi connectivity index (χ4v) is 5.05. The van der Waals surface area contributed by atoms with Crippen LogP contribution in [0.15, 0.2) is 53.4 Å². The number of piperidine rings is 1. The van der Waals surface area contributed by atoms with E-state index in [1.165, 1.54) is 11.4 Å². The topological polar surface area (TPSA) is 94.2 Å². The number of carbonyl (C=O) groups excluding carboxylic acids is 1. The van der Waals surface area contributed by atoms with Crippen LogP contribution in [-0.2, 0) is 14.8 Å². The maximum absolute atomic E-state index is 12.8. The van der Waals surface area contributed by atoms with Gasteiger partial charge in [0.1, 0.15) is 12.4 Å². The molecule has 1 saturated heterocycles. The van der Waals surface area contributed by atoms with Crippen LogP contribution in [0.5, 0.6) is 17.2 Å². The zero-order chi connectivity index (χ0) is 21.1. The molecule has 160 valence electrons. The average Bonchev–Trinajstić information content (AvgIpc) is 2.79. The molecule has 0 aliphatic carbocycles. The number of benzene rings is 2. The number of ether oxygens (including phenoxy) is 3. The molecule has 2 aliphatic rings. The normalized spacial score (nSPS) is 19.8. The maximum Gasteiger partial charge on any atom is 0.264 e. The molecule has 0 aromatic heterocycles. The van der Waals surface area contributed by atoms with Crippen LogP contribution in [-0.4, -0.2) is 57.6 Å². The second-order valence-corrected chi connectivity index (χ2v) is 9.16. The van der Waals surface area contributed by atoms with Gasteiger partial charge in [-0.05, 0) is 49.2 Å². The number of hydrogen-bond donors (Lipinski definition) is 1. The van der Waals surface area contributed by atoms with Crippen molar-refractivity contribution in [2.75, 3.05) is 26.8 Å². The molecule has 2 aromatic carbocycles. The fourth-order valence-electron chi connectivity index (χ4n) is 3.58. The first-order chi connectivity index (χ1) is 14.5. The molecule has 0 radical (unpaired) electrons. The van der Waals surface area contributed by atoms with Crippen molar-refractivity contribution in [2.24, 2.45) is 0 Å². The number of para-hydroxylation sites is 2. The van der Waals surface area contributed by atoms with Crippen LogP contribution in [0, 0.1) is 0 Å². The van der Waals surface area contributed by atoms with Crippen molar-refractivity contribution >= 4 is 15.9 Å². The van der Waals surface area contributed by atoms with Gasteiger partial charge in [-0.2, -0.15) is 4.31 Å². The molecular formula is C21H24N2O6S. The molecule has 2 heterocycles. The molecule has 1 atom stereocenters. The molecule has 30 heavy (non-hydrogen) atoms. The molecule has 9 heteroatoms. The summed E-state index contributed by atoms with van der Waals surface area (Å²) in [5.74, 6) is 1.52. The Morgan fingerprint density at radius 2 is 1.73 bits per heavy atom. The Bertz CT molecular complexity index is 1000. The summed E-state index contributed by atoms with van der Waals surface area (Å²) in [6.45, 7) is 0.821. The van der Waals surface area contributed by atoms with Gasteiger partial charge in [-0.1, -0.05) is 12.1 Å². The van der Waals surface area contributed by atoms with E-state index >= 15 is 0 Å². The molecule has 0 bridgehead atoms. The number of fused-ring (bicyclic) bond motifs is 1. The van der Waals surface area contributed by atoms with E-state index in [9.17, 15) is 13.2 Å². The lowest BCUT2D eigenvalue weighted by Gasteiger charge is -2.33. The largest absolute Gasteiger partial charge is 0.497 e. The molecule has 0 spiro atoms. The van der Waals surface area contributed by atoms with E-state index in [4.69, 9.17) is 14.2 Å². The number of sulfonamides is 1. The van der Waals surface area contributed by atoms with Crippen molar-refractivity contribution < 1.29 is 27.4 Å². The van der Waals surface area contributed by atoms with Gasteiger partial charge in [-0.3, -0.25) is 4.79 Å². The summed E-state index contributed by atoms with van der Waals surface area (Å²) in [4.78, 5) is 12.8. The highest BCUT2D eigenvalue weighted by molar-refractivity contribution is 7.89. The van der Waals surface area contributed by atoms with Crippen molar-refractivity contribution in [1.29, 1.82) is 0 Å². The van der Waals surface area contributed by atoms with Crippen LogP contribution in [0.25, 0.3) is 0 Å². The number of nitrogens with zero attached hydrogens (tertiary/aromatic N) is 1. The molecule has 1 N–H and O–H groups in total. The van der Waals surface area contributed by atoms with E-state index in [0.29, 0.717) is 43.2 Å². The van der Waals surface area contributed by atoms with Crippen molar-refractivity contribution in [3.63, 3.8) is 0 Å². The van der Waals surface area contributed by atoms with E-state index in [2.05, 4.69) is 5.32 Å². The van der Waals surface area contributed by atoms with Gasteiger partial charge in [0.15, 0.2) is 11.5 Å². The molecule has 2 aliphatic heterocycles. The summed E-state index contributed by atoms with van der Waals surface area (Å²) >= 11 is 0. The number of rotatable bonds is 5. The third-order valence-electron chi connectivity index (χ3n) is 5.30. The standard InChI is InChI=1S/C21H24N2O6S/c1-27-16-6-8-17(9-7-16)30(25,26)23-12-10-15(11-13-23)22-21(24)20-14-28-18-4-2-3-5-19(18)29-20/h2-9,15,20H,10-14H2,1H3,(H,22,24)/t20-/m1/s1. The summed E-state index contributed by atoms with van der Waals surface area (Å²) in [5.41, 5.74) is 0. The Morgan fingerprint density at radius 1 is 1.07 bits per heavy atom. The number of methoxy groups -OCH3 is 1. The molecule has 8 nitrogen and oxygen atoms in total. The van der Waals surface area contributed by atoms with E-state index in [1.807, 2.05) is 12.1 Å². The first-order valence-electron chi connectivity index (χ1n) is 9.80. The van der Waals surface area contributed by atoms with Gasteiger partial charge in [0, 0.05) is 19.1 Å². The second-order valence-electron chi connectivity index (χ2n) is 7.23. The monoisotopic (exact) mass is 432 g/mol. The Morgan fingerprint density at radius 3 is 2.40 bits per heavy atom. The smallest absolute Gasteiger partial charge is 0.264 e. The highest BCUT2D eigenvalue weighted by atomic mass is 32.2. The van der Waals surface area contributed by atoms with Crippen LogP contribution in [0.2, 0.25) is 0 Å². The summed E-state index contributed by atoms with van der Waals surface area (Å²) in [6, 6.07) is 13.5. The van der Waals surface area contributed by atoms with Crippen molar-refractivity contribution in [3.8, 4) is 17.2 Å². The molecule has 2 aromatic rings. The van der Waals surface area contributed by atoms with Gasteiger partial charge >= 0.3 is 0 Å². The van der Waals surface area contributed by atoms with E-state index < -0.39 is 16.1 Å². The van der Waals surface area contributed by atoms with Crippen molar-refractivity contribution in [1.82, 2.24) is 9.62 Å². The predicted octanol–water partition coefficient (Wildman–Crippen LogP) is 1.80. The van der Waals surface area contributed by atoms with Gasteiger partial charge in [-0.25, -0.2) is 8.42 Å². The first kappa shape index (κ1) is 20.5. The van der Waals surface area contributed by atoms with Gasteiger partial charge < -0.3 is 19.5 Å². The lowest BCUT2D eigenvalue weighted by atomic mass is 10.1. The molecule has 1 amide bonds. The molecular weight excluding hydrogens is 408 g/mol. The third kappa shape index (κ3) is 4.22. The summed E-state index contributed by atoms with van der Waals surface area (Å²) in [7, 11) is -2.04. The Balaban J connectivity index is 1.31. The van der Waals surface area contributed by atoms with Gasteiger partial charge in [-0.15, -0.1) is 0 Å². The van der Waals surface area contributed by atoms with Crippen LogP contribution in [0.1, 0.15) is 12.8 Å². The molecule has 0 saturated carbocycles. The second kappa shape index (κ2) is 8.53. The number of amides is 1. The van der Waals surface area contributed by atoms with Gasteiger partial charge in [0.25, 0.3) is 5.91 Å². The van der Waals surface area contributed by atoms with E-state index in [1.54, 1.807) is 36.4 Å². The Labute approximate surface area is 175 Å². The zero-order valence-electron chi connectivity index (χ0n) is 16.6. The molecule has 0 unspecified atom stereocenters. The quantitative estimate of drug-likeness (QED) is 0.774. The number of hydrogen-bond acceptors (Lipinski definition) is 6. The SMILES string of the molecule is COc1ccc(S(=O)(=O)N2CCC(NC(=O)[C@H]3COc4ccccc4O3)CC2)cc1. The van der Waals surface area contributed by atoms with Crippen LogP contribution in [0.3, 0.4) is 0 Å². The number of nitrogens with one attached hydrogen (secondary N) is 1. The van der Waals surface area contributed by atoms with Gasteiger partial charge in [0.05, 0.1) is 12.0 Å². The minimum absolute atomic E-state index is 0.111. The Hall–Kier alpha value is -2.78. The summed E-state index contributed by atoms with van der Waals surface area (Å²) in [5, 5.41) is 2.96. The summed E-state index contributed by atoms with van der Waals surface area (Å²) in [6.07, 6.45) is 0.345. The van der Waals surface area contributed by atoms with Crippen LogP contribution >= 0.6 is 0 Å². The van der Waals surface area contributed by atoms with E-state index in [-0.39, 0.29) is 23.5 Å². The molecule has 4 rings (SSSR count). The Kier molecular flexibility index (Phi) is 5.83. The minimum Gasteiger partial charge on any atom is -0.497 e. The zero-order valence-corrected chi connectivity index (χ0v) is 17.4. The number of carbonyl (C=O) groups is 1. The van der Waals surface area contributed by atoms with Crippen LogP contribution < -0.4 is 19.5 Å². The van der Waals surface area contributed by atoms with Crippen molar-refractivity contribution in [3.05, 3.63) is 48.5 Å². The van der Waals surface area contributed by atoms with Crippen LogP contribution in [0.4, 0.5) is 0 Å². The lowest BCUT2D eigenvalue weighted by molar-refractivity contribution is -0.131. The van der Waals surface area contributed by atoms with Crippen molar-refractivity contribution in [2.45, 2.75) is 29.9 Å². The third-order valence-corrected chi connectivity index (χ3v) is 7.21. The summed E-state index contributed by atoms with van der Waals surface area (Å²) < 4.78 is 43.5. The maximum atomic E-state index is 12.8. The highest BCUT2D eigenvalue weighted by Gasteiger charge is 2.33. The molecule has 1 fully saturated rings. The minimum atomic E-state index is -3.57. The lowest BCUT2D eigenvalue weighted by Crippen LogP contribution is -2.51. The average molecular weight is 432 g/mol. The van der Waals surface area contributed by atoms with E-state index in [0.717, 1.165) is 0 Å². The highest BCUT2D eigenvalue weighted by Crippen LogP contribution is 2.31. The fraction of sp³-hybridized carbons (Fsp3) is 0.381. The predicted molar refractivity (Wildman–Crippen MR) is 109 cm³/mol.